The van der Waals surface area contributed by atoms with Crippen LogP contribution in [-0.2, 0) is 0 Å². The highest BCUT2D eigenvalue weighted by atomic mass is 79.9. The van der Waals surface area contributed by atoms with Gasteiger partial charge in [-0.05, 0) is 60.1 Å². The summed E-state index contributed by atoms with van der Waals surface area (Å²) in [5.41, 5.74) is 8.72. The molecule has 0 bridgehead atoms. The molecule has 1 aromatic carbocycles. The van der Waals surface area contributed by atoms with Crippen LogP contribution < -0.4 is 15.8 Å². The van der Waals surface area contributed by atoms with E-state index in [0.29, 0.717) is 5.82 Å². The molecule has 2 aromatic heterocycles. The summed E-state index contributed by atoms with van der Waals surface area (Å²) in [6, 6.07) is 10.1. The zero-order chi connectivity index (χ0) is 16.5. The van der Waals surface area contributed by atoms with Crippen LogP contribution >= 0.6 is 15.9 Å². The normalized spacial score (nSPS) is 15.7. The molecule has 1 saturated heterocycles. The first-order chi connectivity index (χ1) is 11.7. The molecule has 0 saturated carbocycles. The van der Waals surface area contributed by atoms with Crippen molar-refractivity contribution in [2.45, 2.75) is 18.9 Å². The Bertz CT molecular complexity index is 873. The first-order valence-electron chi connectivity index (χ1n) is 7.98. The average molecular weight is 388 g/mol. The van der Waals surface area contributed by atoms with Crippen LogP contribution in [0.15, 0.2) is 41.1 Å². The second kappa shape index (κ2) is 6.41. The number of ether oxygens (including phenoxy) is 1. The minimum Gasteiger partial charge on any atom is -0.490 e. The first kappa shape index (κ1) is 15.4. The van der Waals surface area contributed by atoms with Crippen molar-refractivity contribution >= 4 is 27.3 Å². The molecule has 6 nitrogen and oxygen atoms in total. The fourth-order valence-corrected chi connectivity index (χ4v) is 3.65. The molecule has 0 unspecified atom stereocenters. The summed E-state index contributed by atoms with van der Waals surface area (Å²) in [6.07, 6.45) is 3.81. The largest absolute Gasteiger partial charge is 0.490 e. The molecule has 1 aliphatic rings. The third kappa shape index (κ3) is 2.85. The summed E-state index contributed by atoms with van der Waals surface area (Å²) >= 11 is 3.54. The van der Waals surface area contributed by atoms with Crippen LogP contribution in [-0.4, -0.2) is 33.8 Å². The van der Waals surface area contributed by atoms with Gasteiger partial charge in [-0.1, -0.05) is 12.1 Å². The average Bonchev–Trinajstić information content (AvgIpc) is 2.94. The zero-order valence-electron chi connectivity index (χ0n) is 13.1. The first-order valence-corrected chi connectivity index (χ1v) is 8.77. The number of rotatable bonds is 3. The molecule has 4 rings (SSSR count). The highest BCUT2D eigenvalue weighted by Crippen LogP contribution is 2.32. The lowest BCUT2D eigenvalue weighted by Gasteiger charge is -2.24. The number of piperidine rings is 1. The van der Waals surface area contributed by atoms with E-state index in [0.717, 1.165) is 52.9 Å². The molecule has 124 valence electrons. The number of hydrogen-bond donors (Lipinski definition) is 2. The summed E-state index contributed by atoms with van der Waals surface area (Å²) in [4.78, 5) is 4.06. The molecule has 1 aliphatic heterocycles. The van der Waals surface area contributed by atoms with E-state index in [1.54, 1.807) is 4.52 Å². The van der Waals surface area contributed by atoms with Crippen molar-refractivity contribution in [3.05, 3.63) is 41.1 Å². The van der Waals surface area contributed by atoms with Gasteiger partial charge in [0.25, 0.3) is 0 Å². The van der Waals surface area contributed by atoms with E-state index >= 15 is 0 Å². The fraction of sp³-hybridized carbons (Fsp3) is 0.294. The number of nitrogens with two attached hydrogens (primary N) is 1. The van der Waals surface area contributed by atoms with Crippen LogP contribution in [0.4, 0.5) is 5.82 Å². The summed E-state index contributed by atoms with van der Waals surface area (Å²) in [5, 5.41) is 7.68. The van der Waals surface area contributed by atoms with Gasteiger partial charge in [-0.15, -0.1) is 0 Å². The number of nitrogens with zero attached hydrogens (tertiary/aromatic N) is 3. The van der Waals surface area contributed by atoms with Crippen LogP contribution in [0.1, 0.15) is 12.8 Å². The predicted octanol–water partition coefficient (Wildman–Crippen LogP) is 2.87. The standard InChI is InChI=1S/C17H18BrN5O/c18-14-9-15(23-16(14)17(19)21-10-22-23)11-2-1-3-13(8-11)24-12-4-6-20-7-5-12/h1-3,8-10,12,20H,4-7H2,(H2,19,21,22). The molecular formula is C17H18BrN5O. The van der Waals surface area contributed by atoms with Crippen LogP contribution in [0.5, 0.6) is 5.75 Å². The van der Waals surface area contributed by atoms with Crippen LogP contribution in [0.3, 0.4) is 0 Å². The van der Waals surface area contributed by atoms with Crippen LogP contribution in [0.2, 0.25) is 0 Å². The maximum absolute atomic E-state index is 6.14. The molecule has 0 amide bonds. The number of halogens is 1. The Morgan fingerprint density at radius 1 is 1.25 bits per heavy atom. The van der Waals surface area contributed by atoms with Crippen molar-refractivity contribution in [1.29, 1.82) is 0 Å². The maximum Gasteiger partial charge on any atom is 0.152 e. The third-order valence-electron chi connectivity index (χ3n) is 4.25. The lowest BCUT2D eigenvalue weighted by molar-refractivity contribution is 0.162. The molecular weight excluding hydrogens is 370 g/mol. The molecule has 7 heteroatoms. The summed E-state index contributed by atoms with van der Waals surface area (Å²) < 4.78 is 8.82. The van der Waals surface area contributed by atoms with E-state index in [9.17, 15) is 0 Å². The molecule has 3 N–H and O–H groups in total. The molecule has 0 spiro atoms. The van der Waals surface area contributed by atoms with Gasteiger partial charge >= 0.3 is 0 Å². The summed E-state index contributed by atoms with van der Waals surface area (Å²) in [7, 11) is 0. The van der Waals surface area contributed by atoms with E-state index in [-0.39, 0.29) is 6.10 Å². The van der Waals surface area contributed by atoms with E-state index < -0.39 is 0 Å². The van der Waals surface area contributed by atoms with Crippen LogP contribution in [0, 0.1) is 0 Å². The van der Waals surface area contributed by atoms with Gasteiger partial charge in [0.05, 0.1) is 5.69 Å². The molecule has 24 heavy (non-hydrogen) atoms. The van der Waals surface area contributed by atoms with Gasteiger partial charge in [-0.25, -0.2) is 9.50 Å². The van der Waals surface area contributed by atoms with E-state index in [1.807, 2.05) is 24.3 Å². The highest BCUT2D eigenvalue weighted by Gasteiger charge is 2.16. The molecule has 1 fully saturated rings. The second-order valence-electron chi connectivity index (χ2n) is 5.88. The van der Waals surface area contributed by atoms with E-state index in [4.69, 9.17) is 10.5 Å². The smallest absolute Gasteiger partial charge is 0.152 e. The number of hydrogen-bond acceptors (Lipinski definition) is 5. The summed E-state index contributed by atoms with van der Waals surface area (Å²) in [6.45, 7) is 2.02. The van der Waals surface area contributed by atoms with Gasteiger partial charge in [0, 0.05) is 10.0 Å². The number of benzene rings is 1. The number of anilines is 1. The van der Waals surface area contributed by atoms with E-state index in [1.165, 1.54) is 6.33 Å². The monoisotopic (exact) mass is 387 g/mol. The minimum absolute atomic E-state index is 0.273. The Kier molecular flexibility index (Phi) is 4.12. The van der Waals surface area contributed by atoms with Gasteiger partial charge in [-0.3, -0.25) is 0 Å². The molecule has 0 aliphatic carbocycles. The number of aromatic nitrogens is 3. The van der Waals surface area contributed by atoms with Gasteiger partial charge in [0.15, 0.2) is 5.82 Å². The van der Waals surface area contributed by atoms with Gasteiger partial charge in [-0.2, -0.15) is 5.10 Å². The third-order valence-corrected chi connectivity index (χ3v) is 4.86. The molecule has 3 heterocycles. The fourth-order valence-electron chi connectivity index (χ4n) is 3.06. The van der Waals surface area contributed by atoms with Crippen molar-refractivity contribution in [3.8, 4) is 17.0 Å². The Balaban J connectivity index is 1.70. The van der Waals surface area contributed by atoms with Gasteiger partial charge < -0.3 is 15.8 Å². The van der Waals surface area contributed by atoms with Gasteiger partial charge in [0.1, 0.15) is 23.7 Å². The molecule has 0 radical (unpaired) electrons. The number of nitrogen functional groups attached to an aromatic ring is 1. The van der Waals surface area contributed by atoms with Crippen molar-refractivity contribution in [1.82, 2.24) is 19.9 Å². The number of nitrogens with one attached hydrogen (secondary N) is 1. The minimum atomic E-state index is 0.273. The molecule has 0 atom stereocenters. The Morgan fingerprint density at radius 2 is 2.08 bits per heavy atom. The second-order valence-corrected chi connectivity index (χ2v) is 6.73. The lowest BCUT2D eigenvalue weighted by atomic mass is 10.1. The van der Waals surface area contributed by atoms with Gasteiger partial charge in [0.2, 0.25) is 0 Å². The topological polar surface area (TPSA) is 77.5 Å². The number of fused-ring (bicyclic) bond motifs is 1. The maximum atomic E-state index is 6.14. The van der Waals surface area contributed by atoms with Crippen LogP contribution in [0.25, 0.3) is 16.8 Å². The van der Waals surface area contributed by atoms with E-state index in [2.05, 4.69) is 37.4 Å². The van der Waals surface area contributed by atoms with Crippen molar-refractivity contribution in [3.63, 3.8) is 0 Å². The van der Waals surface area contributed by atoms with Crippen molar-refractivity contribution < 1.29 is 4.74 Å². The quantitative estimate of drug-likeness (QED) is 0.722. The van der Waals surface area contributed by atoms with Crippen molar-refractivity contribution in [2.24, 2.45) is 0 Å². The summed E-state index contributed by atoms with van der Waals surface area (Å²) in [5.74, 6) is 1.33. The SMILES string of the molecule is Nc1ncnn2c(-c3cccc(OC4CCNCC4)c3)cc(Br)c12. The Morgan fingerprint density at radius 3 is 2.92 bits per heavy atom. The Hall–Kier alpha value is -2.12. The Labute approximate surface area is 148 Å². The highest BCUT2D eigenvalue weighted by molar-refractivity contribution is 9.10. The lowest BCUT2D eigenvalue weighted by Crippen LogP contribution is -2.34. The zero-order valence-corrected chi connectivity index (χ0v) is 14.7. The molecule has 3 aromatic rings. The predicted molar refractivity (Wildman–Crippen MR) is 97.1 cm³/mol. The van der Waals surface area contributed by atoms with Crippen molar-refractivity contribution in [2.75, 3.05) is 18.8 Å².